The van der Waals surface area contributed by atoms with Crippen molar-refractivity contribution in [1.82, 2.24) is 9.97 Å². The van der Waals surface area contributed by atoms with Gasteiger partial charge in [0.25, 0.3) is 0 Å². The van der Waals surface area contributed by atoms with E-state index in [0.717, 1.165) is 11.3 Å². The van der Waals surface area contributed by atoms with E-state index in [1.807, 2.05) is 6.92 Å². The highest BCUT2D eigenvalue weighted by molar-refractivity contribution is 5.68. The van der Waals surface area contributed by atoms with Crippen LogP contribution >= 0.6 is 0 Å². The zero-order valence-electron chi connectivity index (χ0n) is 11.1. The predicted octanol–water partition coefficient (Wildman–Crippen LogP) is 3.25. The molecule has 0 aliphatic carbocycles. The van der Waals surface area contributed by atoms with Crippen LogP contribution in [0.2, 0.25) is 0 Å². The fourth-order valence-corrected chi connectivity index (χ4v) is 2.34. The van der Waals surface area contributed by atoms with Gasteiger partial charge in [-0.2, -0.15) is 5.26 Å². The van der Waals surface area contributed by atoms with E-state index < -0.39 is 0 Å². The molecule has 1 heterocycles. The van der Waals surface area contributed by atoms with Crippen molar-refractivity contribution in [2.75, 3.05) is 0 Å². The standard InChI is InChI=1S/C15H15N3/c1-9-5-10(2)15(11(3)6-9)14-7-13(8-16)17-12(4)18-14/h5-7H,1-4H3. The summed E-state index contributed by atoms with van der Waals surface area (Å²) in [6, 6.07) is 8.09. The molecule has 0 saturated carbocycles. The Morgan fingerprint density at radius 3 is 2.11 bits per heavy atom. The Labute approximate surface area is 107 Å². The van der Waals surface area contributed by atoms with Gasteiger partial charge in [0, 0.05) is 11.6 Å². The summed E-state index contributed by atoms with van der Waals surface area (Å²) in [4.78, 5) is 8.52. The molecule has 0 fully saturated rings. The zero-order chi connectivity index (χ0) is 13.3. The van der Waals surface area contributed by atoms with Crippen molar-refractivity contribution in [3.05, 3.63) is 46.4 Å². The normalized spacial score (nSPS) is 10.2. The first kappa shape index (κ1) is 12.3. The van der Waals surface area contributed by atoms with E-state index in [1.54, 1.807) is 6.07 Å². The molecule has 1 aromatic carbocycles. The average molecular weight is 237 g/mol. The molecule has 90 valence electrons. The van der Waals surface area contributed by atoms with E-state index in [2.05, 4.69) is 48.9 Å². The van der Waals surface area contributed by atoms with Gasteiger partial charge >= 0.3 is 0 Å². The van der Waals surface area contributed by atoms with E-state index in [4.69, 9.17) is 5.26 Å². The summed E-state index contributed by atoms with van der Waals surface area (Å²) in [7, 11) is 0. The van der Waals surface area contributed by atoms with Crippen molar-refractivity contribution >= 4 is 0 Å². The van der Waals surface area contributed by atoms with Gasteiger partial charge in [-0.25, -0.2) is 9.97 Å². The number of nitrogens with zero attached hydrogens (tertiary/aromatic N) is 3. The third kappa shape index (κ3) is 2.23. The second kappa shape index (κ2) is 4.58. The van der Waals surface area contributed by atoms with Crippen molar-refractivity contribution in [2.24, 2.45) is 0 Å². The maximum atomic E-state index is 8.98. The fourth-order valence-electron chi connectivity index (χ4n) is 2.34. The molecule has 0 amide bonds. The van der Waals surface area contributed by atoms with Crippen LogP contribution < -0.4 is 0 Å². The first-order valence-corrected chi connectivity index (χ1v) is 5.85. The molecule has 0 saturated heterocycles. The van der Waals surface area contributed by atoms with Gasteiger partial charge < -0.3 is 0 Å². The molecule has 2 aromatic rings. The van der Waals surface area contributed by atoms with Crippen molar-refractivity contribution in [3.8, 4) is 17.3 Å². The molecular formula is C15H15N3. The summed E-state index contributed by atoms with van der Waals surface area (Å²) in [6.07, 6.45) is 0. The van der Waals surface area contributed by atoms with Gasteiger partial charge in [0.2, 0.25) is 0 Å². The Morgan fingerprint density at radius 2 is 1.56 bits per heavy atom. The van der Waals surface area contributed by atoms with Crippen LogP contribution in [0.1, 0.15) is 28.2 Å². The highest BCUT2D eigenvalue weighted by Gasteiger charge is 2.10. The number of nitriles is 1. The zero-order valence-corrected chi connectivity index (χ0v) is 11.1. The Kier molecular flexibility index (Phi) is 3.12. The summed E-state index contributed by atoms with van der Waals surface area (Å²) in [6.45, 7) is 8.02. The lowest BCUT2D eigenvalue weighted by molar-refractivity contribution is 1.04. The molecule has 1 aromatic heterocycles. The monoisotopic (exact) mass is 237 g/mol. The SMILES string of the molecule is Cc1cc(C)c(-c2cc(C#N)nc(C)n2)c(C)c1. The second-order valence-electron chi connectivity index (χ2n) is 4.57. The Hall–Kier alpha value is -2.21. The van der Waals surface area contributed by atoms with Gasteiger partial charge in [0.05, 0.1) is 5.69 Å². The molecule has 2 rings (SSSR count). The van der Waals surface area contributed by atoms with Crippen LogP contribution in [0.3, 0.4) is 0 Å². The van der Waals surface area contributed by atoms with Crippen LogP contribution in [0, 0.1) is 39.0 Å². The second-order valence-corrected chi connectivity index (χ2v) is 4.57. The minimum Gasteiger partial charge on any atom is -0.233 e. The number of hydrogen-bond acceptors (Lipinski definition) is 3. The Balaban J connectivity index is 2.70. The van der Waals surface area contributed by atoms with Crippen LogP contribution in [0.4, 0.5) is 0 Å². The molecule has 0 aliphatic rings. The van der Waals surface area contributed by atoms with Crippen LogP contribution in [0.5, 0.6) is 0 Å². The molecule has 0 atom stereocenters. The van der Waals surface area contributed by atoms with Crippen LogP contribution in [-0.2, 0) is 0 Å². The van der Waals surface area contributed by atoms with Gasteiger partial charge in [-0.15, -0.1) is 0 Å². The topological polar surface area (TPSA) is 49.6 Å². The summed E-state index contributed by atoms with van der Waals surface area (Å²) in [5.74, 6) is 0.628. The molecular weight excluding hydrogens is 222 g/mol. The molecule has 0 bridgehead atoms. The van der Waals surface area contributed by atoms with Gasteiger partial charge in [0.15, 0.2) is 0 Å². The molecule has 3 nitrogen and oxygen atoms in total. The first-order chi connectivity index (χ1) is 8.51. The lowest BCUT2D eigenvalue weighted by atomic mass is 9.97. The average Bonchev–Trinajstić information content (AvgIpc) is 2.26. The minimum absolute atomic E-state index is 0.414. The first-order valence-electron chi connectivity index (χ1n) is 5.85. The van der Waals surface area contributed by atoms with Crippen LogP contribution in [0.15, 0.2) is 18.2 Å². The number of aromatic nitrogens is 2. The highest BCUT2D eigenvalue weighted by atomic mass is 14.9. The molecule has 0 spiro atoms. The Bertz CT molecular complexity index is 628. The number of aryl methyl sites for hydroxylation is 4. The fraction of sp³-hybridized carbons (Fsp3) is 0.267. The van der Waals surface area contributed by atoms with E-state index >= 15 is 0 Å². The minimum atomic E-state index is 0.414. The molecule has 0 aliphatic heterocycles. The van der Waals surface area contributed by atoms with E-state index in [-0.39, 0.29) is 0 Å². The maximum Gasteiger partial charge on any atom is 0.144 e. The van der Waals surface area contributed by atoms with E-state index in [0.29, 0.717) is 11.5 Å². The van der Waals surface area contributed by atoms with Gasteiger partial charge in [0.1, 0.15) is 17.6 Å². The summed E-state index contributed by atoms with van der Waals surface area (Å²) < 4.78 is 0. The largest absolute Gasteiger partial charge is 0.233 e. The summed E-state index contributed by atoms with van der Waals surface area (Å²) in [5.41, 5.74) is 5.93. The number of hydrogen-bond donors (Lipinski definition) is 0. The number of rotatable bonds is 1. The molecule has 18 heavy (non-hydrogen) atoms. The third-order valence-corrected chi connectivity index (χ3v) is 2.89. The summed E-state index contributed by atoms with van der Waals surface area (Å²) in [5, 5.41) is 8.98. The van der Waals surface area contributed by atoms with E-state index in [1.165, 1.54) is 16.7 Å². The van der Waals surface area contributed by atoms with Crippen molar-refractivity contribution in [2.45, 2.75) is 27.7 Å². The maximum absolute atomic E-state index is 8.98. The van der Waals surface area contributed by atoms with Gasteiger partial charge in [-0.3, -0.25) is 0 Å². The quantitative estimate of drug-likeness (QED) is 0.765. The highest BCUT2D eigenvalue weighted by Crippen LogP contribution is 2.27. The smallest absolute Gasteiger partial charge is 0.144 e. The number of benzene rings is 1. The van der Waals surface area contributed by atoms with Crippen molar-refractivity contribution in [1.29, 1.82) is 5.26 Å². The van der Waals surface area contributed by atoms with Crippen molar-refractivity contribution in [3.63, 3.8) is 0 Å². The molecule has 0 unspecified atom stereocenters. The predicted molar refractivity (Wildman–Crippen MR) is 71.1 cm³/mol. The molecule has 0 N–H and O–H groups in total. The molecule has 0 radical (unpaired) electrons. The lowest BCUT2D eigenvalue weighted by Gasteiger charge is -2.11. The van der Waals surface area contributed by atoms with Crippen LogP contribution in [-0.4, -0.2) is 9.97 Å². The van der Waals surface area contributed by atoms with Crippen molar-refractivity contribution < 1.29 is 0 Å². The lowest BCUT2D eigenvalue weighted by Crippen LogP contribution is -1.98. The van der Waals surface area contributed by atoms with Gasteiger partial charge in [-0.1, -0.05) is 17.7 Å². The third-order valence-electron chi connectivity index (χ3n) is 2.89. The van der Waals surface area contributed by atoms with E-state index in [9.17, 15) is 0 Å². The Morgan fingerprint density at radius 1 is 0.944 bits per heavy atom. The van der Waals surface area contributed by atoms with Gasteiger partial charge in [-0.05, 0) is 38.8 Å². The summed E-state index contributed by atoms with van der Waals surface area (Å²) >= 11 is 0. The van der Waals surface area contributed by atoms with Crippen LogP contribution in [0.25, 0.3) is 11.3 Å². The molecule has 3 heteroatoms.